The molecule has 0 bridgehead atoms. The van der Waals surface area contributed by atoms with Gasteiger partial charge in [-0.1, -0.05) is 37.3 Å². The van der Waals surface area contributed by atoms with E-state index in [4.69, 9.17) is 10.5 Å². The van der Waals surface area contributed by atoms with Gasteiger partial charge in [-0.2, -0.15) is 0 Å². The molecule has 116 valence electrons. The molecule has 0 unspecified atom stereocenters. The monoisotopic (exact) mass is 298 g/mol. The van der Waals surface area contributed by atoms with Crippen molar-refractivity contribution in [1.82, 2.24) is 0 Å². The molecule has 0 aliphatic rings. The Morgan fingerprint density at radius 2 is 1.95 bits per heavy atom. The summed E-state index contributed by atoms with van der Waals surface area (Å²) in [5.41, 5.74) is 9.04. The molecule has 3 N–H and O–H groups in total. The van der Waals surface area contributed by atoms with Gasteiger partial charge >= 0.3 is 5.97 Å². The quantitative estimate of drug-likeness (QED) is 0.625. The zero-order valence-electron chi connectivity index (χ0n) is 13.0. The van der Waals surface area contributed by atoms with E-state index in [0.29, 0.717) is 17.9 Å². The largest absolute Gasteiger partial charge is 0.462 e. The second-order valence-electron chi connectivity index (χ2n) is 5.21. The highest BCUT2D eigenvalue weighted by Gasteiger charge is 2.11. The van der Waals surface area contributed by atoms with Crippen molar-refractivity contribution in [3.8, 4) is 0 Å². The molecule has 2 aromatic carbocycles. The van der Waals surface area contributed by atoms with E-state index in [0.717, 1.165) is 12.1 Å². The van der Waals surface area contributed by atoms with Gasteiger partial charge in [-0.15, -0.1) is 0 Å². The minimum absolute atomic E-state index is 0.126. The molecule has 2 rings (SSSR count). The highest BCUT2D eigenvalue weighted by Crippen LogP contribution is 2.25. The van der Waals surface area contributed by atoms with Crippen LogP contribution in [-0.4, -0.2) is 12.6 Å². The predicted molar refractivity (Wildman–Crippen MR) is 89.9 cm³/mol. The fourth-order valence-electron chi connectivity index (χ4n) is 2.16. The van der Waals surface area contributed by atoms with E-state index in [2.05, 4.69) is 24.4 Å². The van der Waals surface area contributed by atoms with Gasteiger partial charge in [0.15, 0.2) is 0 Å². The lowest BCUT2D eigenvalue weighted by molar-refractivity contribution is 0.0505. The highest BCUT2D eigenvalue weighted by molar-refractivity contribution is 5.92. The van der Waals surface area contributed by atoms with Crippen LogP contribution in [0.4, 0.5) is 11.4 Å². The first-order valence-corrected chi connectivity index (χ1v) is 7.50. The average molecular weight is 298 g/mol. The van der Waals surface area contributed by atoms with E-state index in [1.54, 1.807) is 12.1 Å². The number of carbonyl (C=O) groups is 1. The van der Waals surface area contributed by atoms with Crippen LogP contribution in [0.15, 0.2) is 48.5 Å². The SMILES string of the molecule is CCCOC(=O)c1ccc(N[C@H](C)c2ccccc2)c(N)c1. The van der Waals surface area contributed by atoms with Crippen molar-refractivity contribution in [3.63, 3.8) is 0 Å². The third-order valence-electron chi connectivity index (χ3n) is 3.40. The molecule has 0 heterocycles. The normalized spacial score (nSPS) is 11.7. The van der Waals surface area contributed by atoms with Crippen LogP contribution in [0, 0.1) is 0 Å². The Kier molecular flexibility index (Phi) is 5.42. The minimum Gasteiger partial charge on any atom is -0.462 e. The number of hydrogen-bond acceptors (Lipinski definition) is 4. The molecule has 0 aromatic heterocycles. The molecule has 0 saturated carbocycles. The van der Waals surface area contributed by atoms with Crippen molar-refractivity contribution in [1.29, 1.82) is 0 Å². The summed E-state index contributed by atoms with van der Waals surface area (Å²) in [7, 11) is 0. The third kappa shape index (κ3) is 4.01. The summed E-state index contributed by atoms with van der Waals surface area (Å²) in [5.74, 6) is -0.337. The van der Waals surface area contributed by atoms with Crippen LogP contribution in [0.5, 0.6) is 0 Å². The molecule has 0 radical (unpaired) electrons. The lowest BCUT2D eigenvalue weighted by atomic mass is 10.1. The van der Waals surface area contributed by atoms with E-state index in [1.165, 1.54) is 5.56 Å². The van der Waals surface area contributed by atoms with E-state index in [9.17, 15) is 4.79 Å². The van der Waals surface area contributed by atoms with Crippen LogP contribution < -0.4 is 11.1 Å². The van der Waals surface area contributed by atoms with Gasteiger partial charge in [0.1, 0.15) is 0 Å². The standard InChI is InChI=1S/C18H22N2O2/c1-3-11-22-18(21)15-9-10-17(16(19)12-15)20-13(2)14-7-5-4-6-8-14/h4-10,12-13,20H,3,11,19H2,1-2H3/t13-/m1/s1. The van der Waals surface area contributed by atoms with Crippen LogP contribution in [0.25, 0.3) is 0 Å². The van der Waals surface area contributed by atoms with E-state index >= 15 is 0 Å². The number of esters is 1. The molecule has 4 heteroatoms. The number of hydrogen-bond donors (Lipinski definition) is 2. The van der Waals surface area contributed by atoms with Crippen LogP contribution in [0.2, 0.25) is 0 Å². The van der Waals surface area contributed by atoms with Crippen molar-refractivity contribution in [3.05, 3.63) is 59.7 Å². The number of rotatable bonds is 6. The van der Waals surface area contributed by atoms with Crippen LogP contribution >= 0.6 is 0 Å². The molecule has 22 heavy (non-hydrogen) atoms. The summed E-state index contributed by atoms with van der Waals surface area (Å²) in [6, 6.07) is 15.4. The van der Waals surface area contributed by atoms with E-state index < -0.39 is 0 Å². The molecule has 0 spiro atoms. The average Bonchev–Trinajstić information content (AvgIpc) is 2.55. The Morgan fingerprint density at radius 3 is 2.59 bits per heavy atom. The Labute approximate surface area is 131 Å². The second-order valence-corrected chi connectivity index (χ2v) is 5.21. The van der Waals surface area contributed by atoms with Crippen molar-refractivity contribution in [2.45, 2.75) is 26.3 Å². The lowest BCUT2D eigenvalue weighted by Crippen LogP contribution is -2.10. The van der Waals surface area contributed by atoms with Crippen molar-refractivity contribution < 1.29 is 9.53 Å². The van der Waals surface area contributed by atoms with Crippen molar-refractivity contribution in [2.24, 2.45) is 0 Å². The number of ether oxygens (including phenoxy) is 1. The molecule has 0 aliphatic carbocycles. The molecular formula is C18H22N2O2. The Bertz CT molecular complexity index is 626. The van der Waals surface area contributed by atoms with Crippen LogP contribution in [-0.2, 0) is 4.74 Å². The van der Waals surface area contributed by atoms with Gasteiger partial charge in [0.2, 0.25) is 0 Å². The third-order valence-corrected chi connectivity index (χ3v) is 3.40. The van der Waals surface area contributed by atoms with Gasteiger partial charge in [-0.05, 0) is 37.1 Å². The first-order valence-electron chi connectivity index (χ1n) is 7.50. The number of benzene rings is 2. The van der Waals surface area contributed by atoms with Gasteiger partial charge in [0.25, 0.3) is 0 Å². The molecule has 0 saturated heterocycles. The number of anilines is 2. The minimum atomic E-state index is -0.337. The van der Waals surface area contributed by atoms with E-state index in [-0.39, 0.29) is 12.0 Å². The van der Waals surface area contributed by atoms with Gasteiger partial charge in [-0.3, -0.25) is 0 Å². The van der Waals surface area contributed by atoms with Gasteiger partial charge in [0, 0.05) is 6.04 Å². The Hall–Kier alpha value is -2.49. The summed E-state index contributed by atoms with van der Waals surface area (Å²) in [6.45, 7) is 4.45. The zero-order valence-corrected chi connectivity index (χ0v) is 13.0. The fraction of sp³-hybridized carbons (Fsp3) is 0.278. The van der Waals surface area contributed by atoms with Gasteiger partial charge in [-0.25, -0.2) is 4.79 Å². The van der Waals surface area contributed by atoms with Crippen molar-refractivity contribution >= 4 is 17.3 Å². The summed E-state index contributed by atoms with van der Waals surface area (Å²) in [4.78, 5) is 11.8. The number of carbonyl (C=O) groups excluding carboxylic acids is 1. The van der Waals surface area contributed by atoms with Crippen LogP contribution in [0.1, 0.15) is 42.2 Å². The van der Waals surface area contributed by atoms with Gasteiger partial charge < -0.3 is 15.8 Å². The summed E-state index contributed by atoms with van der Waals surface area (Å²) in [6.07, 6.45) is 0.801. The Morgan fingerprint density at radius 1 is 1.23 bits per heavy atom. The first-order chi connectivity index (χ1) is 10.6. The fourth-order valence-corrected chi connectivity index (χ4v) is 2.16. The summed E-state index contributed by atoms with van der Waals surface area (Å²) < 4.78 is 5.11. The number of nitrogens with two attached hydrogens (primary N) is 1. The first kappa shape index (κ1) is 15.9. The van der Waals surface area contributed by atoms with Crippen LogP contribution in [0.3, 0.4) is 0 Å². The highest BCUT2D eigenvalue weighted by atomic mass is 16.5. The molecule has 1 atom stereocenters. The smallest absolute Gasteiger partial charge is 0.338 e. The summed E-state index contributed by atoms with van der Waals surface area (Å²) >= 11 is 0. The number of nitrogens with one attached hydrogen (secondary N) is 1. The molecule has 0 fully saturated rings. The molecule has 0 aliphatic heterocycles. The van der Waals surface area contributed by atoms with E-state index in [1.807, 2.05) is 31.2 Å². The molecule has 2 aromatic rings. The number of nitrogen functional groups attached to an aromatic ring is 1. The topological polar surface area (TPSA) is 64.3 Å². The maximum Gasteiger partial charge on any atom is 0.338 e. The Balaban J connectivity index is 2.08. The zero-order chi connectivity index (χ0) is 15.9. The van der Waals surface area contributed by atoms with Gasteiger partial charge in [0.05, 0.1) is 23.5 Å². The second kappa shape index (κ2) is 7.50. The maximum atomic E-state index is 11.8. The summed E-state index contributed by atoms with van der Waals surface area (Å²) in [5, 5.41) is 3.36. The molecular weight excluding hydrogens is 276 g/mol. The maximum absolute atomic E-state index is 11.8. The lowest BCUT2D eigenvalue weighted by Gasteiger charge is -2.17. The molecule has 0 amide bonds. The van der Waals surface area contributed by atoms with Crippen molar-refractivity contribution in [2.75, 3.05) is 17.7 Å². The predicted octanol–water partition coefficient (Wildman–Crippen LogP) is 4.01. The molecule has 4 nitrogen and oxygen atoms in total.